The topological polar surface area (TPSA) is 32.3 Å². The van der Waals surface area contributed by atoms with E-state index in [9.17, 15) is 0 Å². The number of benzene rings is 2. The highest BCUT2D eigenvalue weighted by Crippen LogP contribution is 2.20. The SMILES string of the molecule is CC(CO)CCCNC(C)c1ccc2ccccc2c1. The third-order valence-corrected chi connectivity index (χ3v) is 3.91. The molecule has 0 fully saturated rings. The van der Waals surface area contributed by atoms with Crippen LogP contribution in [0.15, 0.2) is 42.5 Å². The summed E-state index contributed by atoms with van der Waals surface area (Å²) in [5.74, 6) is 0.410. The Labute approximate surface area is 121 Å². The van der Waals surface area contributed by atoms with Gasteiger partial charge < -0.3 is 10.4 Å². The van der Waals surface area contributed by atoms with Crippen molar-refractivity contribution in [3.63, 3.8) is 0 Å². The van der Waals surface area contributed by atoms with Crippen LogP contribution >= 0.6 is 0 Å². The maximum absolute atomic E-state index is 9.00. The van der Waals surface area contributed by atoms with E-state index in [0.717, 1.165) is 19.4 Å². The number of fused-ring (bicyclic) bond motifs is 1. The van der Waals surface area contributed by atoms with Gasteiger partial charge in [0.25, 0.3) is 0 Å². The predicted octanol–water partition coefficient (Wildman–Crippen LogP) is 3.90. The van der Waals surface area contributed by atoms with Crippen LogP contribution in [0.2, 0.25) is 0 Å². The van der Waals surface area contributed by atoms with Gasteiger partial charge in [-0.05, 0) is 54.6 Å². The van der Waals surface area contributed by atoms with E-state index in [-0.39, 0.29) is 0 Å². The fourth-order valence-electron chi connectivity index (χ4n) is 2.46. The van der Waals surface area contributed by atoms with Gasteiger partial charge in [0.05, 0.1) is 0 Å². The van der Waals surface area contributed by atoms with E-state index in [1.165, 1.54) is 16.3 Å². The summed E-state index contributed by atoms with van der Waals surface area (Å²) in [5.41, 5.74) is 1.33. The van der Waals surface area contributed by atoms with Crippen LogP contribution in [-0.4, -0.2) is 18.3 Å². The van der Waals surface area contributed by atoms with Crippen LogP contribution in [0.5, 0.6) is 0 Å². The van der Waals surface area contributed by atoms with Gasteiger partial charge in [0.1, 0.15) is 0 Å². The van der Waals surface area contributed by atoms with Crippen molar-refractivity contribution in [3.05, 3.63) is 48.0 Å². The second-order valence-corrected chi connectivity index (χ2v) is 5.71. The Bertz CT molecular complexity index is 538. The minimum Gasteiger partial charge on any atom is -0.396 e. The second-order valence-electron chi connectivity index (χ2n) is 5.71. The molecule has 0 amide bonds. The summed E-state index contributed by atoms with van der Waals surface area (Å²) < 4.78 is 0. The summed E-state index contributed by atoms with van der Waals surface area (Å²) in [7, 11) is 0. The lowest BCUT2D eigenvalue weighted by molar-refractivity contribution is 0.227. The summed E-state index contributed by atoms with van der Waals surface area (Å²) >= 11 is 0. The Morgan fingerprint density at radius 1 is 1.05 bits per heavy atom. The fourth-order valence-corrected chi connectivity index (χ4v) is 2.46. The van der Waals surface area contributed by atoms with Gasteiger partial charge in [-0.25, -0.2) is 0 Å². The standard InChI is InChI=1S/C18H25NO/c1-14(13-20)6-5-11-19-15(2)17-10-9-16-7-3-4-8-18(16)12-17/h3-4,7-10,12,14-15,19-20H,5-6,11,13H2,1-2H3. The van der Waals surface area contributed by atoms with Gasteiger partial charge >= 0.3 is 0 Å². The summed E-state index contributed by atoms with van der Waals surface area (Å²) in [4.78, 5) is 0. The van der Waals surface area contributed by atoms with Crippen molar-refractivity contribution >= 4 is 10.8 Å². The lowest BCUT2D eigenvalue weighted by Gasteiger charge is -2.16. The van der Waals surface area contributed by atoms with E-state index in [2.05, 4.69) is 61.6 Å². The Hall–Kier alpha value is -1.38. The van der Waals surface area contributed by atoms with E-state index < -0.39 is 0 Å². The highest BCUT2D eigenvalue weighted by molar-refractivity contribution is 5.83. The molecule has 20 heavy (non-hydrogen) atoms. The first-order valence-corrected chi connectivity index (χ1v) is 7.53. The quantitative estimate of drug-likeness (QED) is 0.749. The van der Waals surface area contributed by atoms with Crippen molar-refractivity contribution in [1.82, 2.24) is 5.32 Å². The Morgan fingerprint density at radius 2 is 1.80 bits per heavy atom. The molecule has 0 aliphatic heterocycles. The van der Waals surface area contributed by atoms with E-state index in [1.54, 1.807) is 0 Å². The minimum atomic E-state index is 0.292. The third kappa shape index (κ3) is 4.06. The average Bonchev–Trinajstić information content (AvgIpc) is 2.50. The molecule has 0 saturated carbocycles. The first-order valence-electron chi connectivity index (χ1n) is 7.53. The maximum Gasteiger partial charge on any atom is 0.0456 e. The van der Waals surface area contributed by atoms with Crippen molar-refractivity contribution in [2.45, 2.75) is 32.7 Å². The van der Waals surface area contributed by atoms with E-state index >= 15 is 0 Å². The number of nitrogens with one attached hydrogen (secondary N) is 1. The number of rotatable bonds is 7. The Balaban J connectivity index is 1.89. The number of aliphatic hydroxyl groups excluding tert-OH is 1. The lowest BCUT2D eigenvalue weighted by atomic mass is 10.0. The van der Waals surface area contributed by atoms with Gasteiger partial charge in [0.2, 0.25) is 0 Å². The fraction of sp³-hybridized carbons (Fsp3) is 0.444. The van der Waals surface area contributed by atoms with Crippen LogP contribution in [0.4, 0.5) is 0 Å². The normalized spacial score (nSPS) is 14.3. The van der Waals surface area contributed by atoms with E-state index in [4.69, 9.17) is 5.11 Å². The highest BCUT2D eigenvalue weighted by Gasteiger charge is 2.06. The molecule has 108 valence electrons. The van der Waals surface area contributed by atoms with Gasteiger partial charge in [-0.3, -0.25) is 0 Å². The Kier molecular flexibility index (Phi) is 5.57. The summed E-state index contributed by atoms with van der Waals surface area (Å²) in [5, 5.41) is 15.2. The molecule has 0 aliphatic rings. The van der Waals surface area contributed by atoms with Crippen LogP contribution in [-0.2, 0) is 0 Å². The van der Waals surface area contributed by atoms with Crippen molar-refractivity contribution in [2.75, 3.05) is 13.2 Å². The lowest BCUT2D eigenvalue weighted by Crippen LogP contribution is -2.20. The zero-order valence-electron chi connectivity index (χ0n) is 12.5. The molecular formula is C18H25NO. The number of aliphatic hydroxyl groups is 1. The van der Waals surface area contributed by atoms with Crippen LogP contribution < -0.4 is 5.32 Å². The molecule has 0 bridgehead atoms. The Morgan fingerprint density at radius 3 is 2.55 bits per heavy atom. The molecule has 2 nitrogen and oxygen atoms in total. The van der Waals surface area contributed by atoms with Crippen molar-refractivity contribution in [2.24, 2.45) is 5.92 Å². The maximum atomic E-state index is 9.00. The molecule has 0 spiro atoms. The molecule has 0 aliphatic carbocycles. The average molecular weight is 271 g/mol. The number of hydrogen-bond donors (Lipinski definition) is 2. The van der Waals surface area contributed by atoms with Crippen LogP contribution in [0.1, 0.15) is 38.3 Å². The molecule has 2 aromatic rings. The van der Waals surface area contributed by atoms with Crippen LogP contribution in [0.25, 0.3) is 10.8 Å². The smallest absolute Gasteiger partial charge is 0.0456 e. The van der Waals surface area contributed by atoms with Gasteiger partial charge in [-0.2, -0.15) is 0 Å². The third-order valence-electron chi connectivity index (χ3n) is 3.91. The molecule has 0 radical (unpaired) electrons. The van der Waals surface area contributed by atoms with E-state index in [0.29, 0.717) is 18.6 Å². The molecule has 0 aromatic heterocycles. The molecular weight excluding hydrogens is 246 g/mol. The van der Waals surface area contributed by atoms with Gasteiger partial charge in [0.15, 0.2) is 0 Å². The zero-order valence-corrected chi connectivity index (χ0v) is 12.5. The summed E-state index contributed by atoms with van der Waals surface area (Å²) in [6.07, 6.45) is 2.19. The van der Waals surface area contributed by atoms with Gasteiger partial charge in [-0.1, -0.05) is 43.3 Å². The van der Waals surface area contributed by atoms with E-state index in [1.807, 2.05) is 0 Å². The summed E-state index contributed by atoms with van der Waals surface area (Å²) in [6, 6.07) is 15.5. The predicted molar refractivity (Wildman–Crippen MR) is 85.8 cm³/mol. The first kappa shape index (κ1) is 15.0. The molecule has 2 N–H and O–H groups in total. The van der Waals surface area contributed by atoms with Gasteiger partial charge in [-0.15, -0.1) is 0 Å². The van der Waals surface area contributed by atoms with Gasteiger partial charge in [0, 0.05) is 12.6 Å². The van der Waals surface area contributed by atoms with Crippen molar-refractivity contribution in [3.8, 4) is 0 Å². The zero-order chi connectivity index (χ0) is 14.4. The molecule has 2 atom stereocenters. The molecule has 2 heteroatoms. The molecule has 2 rings (SSSR count). The molecule has 2 unspecified atom stereocenters. The van der Waals surface area contributed by atoms with Crippen molar-refractivity contribution in [1.29, 1.82) is 0 Å². The monoisotopic (exact) mass is 271 g/mol. The molecule has 0 heterocycles. The molecule has 0 saturated heterocycles. The van der Waals surface area contributed by atoms with Crippen molar-refractivity contribution < 1.29 is 5.11 Å². The largest absolute Gasteiger partial charge is 0.396 e. The second kappa shape index (κ2) is 7.41. The van der Waals surface area contributed by atoms with Crippen LogP contribution in [0.3, 0.4) is 0 Å². The minimum absolute atomic E-state index is 0.292. The molecule has 2 aromatic carbocycles. The van der Waals surface area contributed by atoms with Crippen LogP contribution in [0, 0.1) is 5.92 Å². The first-order chi connectivity index (χ1) is 9.70. The highest BCUT2D eigenvalue weighted by atomic mass is 16.3. The summed E-state index contributed by atoms with van der Waals surface area (Å²) in [6.45, 7) is 5.59. The number of hydrogen-bond acceptors (Lipinski definition) is 2.